The predicted octanol–water partition coefficient (Wildman–Crippen LogP) is 1.10. The van der Waals surface area contributed by atoms with Gasteiger partial charge in [-0.15, -0.1) is 11.6 Å². The summed E-state index contributed by atoms with van der Waals surface area (Å²) >= 11 is 5.75. The van der Waals surface area contributed by atoms with Crippen LogP contribution in [0.15, 0.2) is 30.3 Å². The van der Waals surface area contributed by atoms with Gasteiger partial charge in [0.1, 0.15) is 12.0 Å². The summed E-state index contributed by atoms with van der Waals surface area (Å²) in [4.78, 5) is 22.1. The van der Waals surface area contributed by atoms with Gasteiger partial charge in [0.2, 0.25) is 11.6 Å². The Kier molecular flexibility index (Phi) is 3.80. The number of carbonyl (C=O) groups excluding carboxylic acids is 2. The van der Waals surface area contributed by atoms with Crippen LogP contribution in [0.1, 0.15) is 10.9 Å². The number of hydrogen-bond acceptors (Lipinski definition) is 3. The van der Waals surface area contributed by atoms with Gasteiger partial charge in [0.25, 0.3) is 0 Å². The summed E-state index contributed by atoms with van der Waals surface area (Å²) in [6, 6.07) is 8.54. The van der Waals surface area contributed by atoms with Gasteiger partial charge in [0.15, 0.2) is 0 Å². The molecule has 4 heteroatoms. The van der Waals surface area contributed by atoms with Crippen molar-refractivity contribution >= 4 is 23.2 Å². The van der Waals surface area contributed by atoms with E-state index in [9.17, 15) is 9.59 Å². The summed E-state index contributed by atoms with van der Waals surface area (Å²) in [6.45, 7) is -0.797. The highest BCUT2D eigenvalue weighted by Crippen LogP contribution is 2.21. The van der Waals surface area contributed by atoms with Crippen molar-refractivity contribution in [1.82, 2.24) is 0 Å². The highest BCUT2D eigenvalue weighted by Gasteiger charge is 2.23. The molecule has 0 aliphatic rings. The van der Waals surface area contributed by atoms with E-state index in [0.29, 0.717) is 5.56 Å². The normalized spacial score (nSPS) is 12.1. The summed E-state index contributed by atoms with van der Waals surface area (Å²) < 4.78 is 0. The number of rotatable bonds is 4. The van der Waals surface area contributed by atoms with Gasteiger partial charge in [-0.1, -0.05) is 30.3 Å². The lowest BCUT2D eigenvalue weighted by Gasteiger charge is -2.06. The van der Waals surface area contributed by atoms with Gasteiger partial charge in [-0.2, -0.15) is 0 Å². The Morgan fingerprint density at radius 1 is 1.29 bits per heavy atom. The third kappa shape index (κ3) is 2.40. The number of aliphatic hydroxyl groups is 1. The third-order valence-corrected chi connectivity index (χ3v) is 2.19. The molecule has 0 aliphatic carbocycles. The minimum absolute atomic E-state index is 0.556. The van der Waals surface area contributed by atoms with Gasteiger partial charge in [0.05, 0.1) is 0 Å². The fourth-order valence-corrected chi connectivity index (χ4v) is 1.26. The van der Waals surface area contributed by atoms with Gasteiger partial charge in [-0.25, -0.2) is 0 Å². The molecule has 1 N–H and O–H groups in total. The van der Waals surface area contributed by atoms with Gasteiger partial charge < -0.3 is 5.11 Å². The number of aliphatic hydroxyl groups excluding tert-OH is 1. The fraction of sp³-hybridized carbons (Fsp3) is 0.200. The molecule has 3 nitrogen and oxygen atoms in total. The standard InChI is InChI=1S/C10H9ClO3/c11-9(10(14)8(13)6-12)7-4-2-1-3-5-7/h1-5,9,12H,6H2. The van der Waals surface area contributed by atoms with Gasteiger partial charge in [0, 0.05) is 0 Å². The molecule has 0 fully saturated rings. The highest BCUT2D eigenvalue weighted by atomic mass is 35.5. The molecule has 1 unspecified atom stereocenters. The van der Waals surface area contributed by atoms with Crippen molar-refractivity contribution in [2.75, 3.05) is 6.61 Å². The Bertz CT molecular complexity index is 334. The fourth-order valence-electron chi connectivity index (χ4n) is 0.993. The molecule has 0 amide bonds. The van der Waals surface area contributed by atoms with Crippen molar-refractivity contribution in [1.29, 1.82) is 0 Å². The van der Waals surface area contributed by atoms with E-state index in [1.807, 2.05) is 0 Å². The predicted molar refractivity (Wildman–Crippen MR) is 52.1 cm³/mol. The van der Waals surface area contributed by atoms with Crippen molar-refractivity contribution in [3.8, 4) is 0 Å². The highest BCUT2D eigenvalue weighted by molar-refractivity contribution is 6.49. The number of Topliss-reactive ketones (excluding diaryl/α,β-unsaturated/α-hetero) is 2. The molecule has 1 atom stereocenters. The average molecular weight is 213 g/mol. The molecule has 1 aromatic carbocycles. The van der Waals surface area contributed by atoms with Gasteiger partial charge >= 0.3 is 0 Å². The maximum Gasteiger partial charge on any atom is 0.225 e. The second-order valence-electron chi connectivity index (χ2n) is 2.72. The zero-order valence-corrected chi connectivity index (χ0v) is 8.07. The number of benzene rings is 1. The summed E-state index contributed by atoms with van der Waals surface area (Å²) in [7, 11) is 0. The Hall–Kier alpha value is -1.19. The van der Waals surface area contributed by atoms with E-state index in [1.54, 1.807) is 30.3 Å². The first kappa shape index (κ1) is 10.9. The summed E-state index contributed by atoms with van der Waals surface area (Å²) in [5, 5.41) is 7.47. The zero-order chi connectivity index (χ0) is 10.6. The molecule has 0 aromatic heterocycles. The lowest BCUT2D eigenvalue weighted by Crippen LogP contribution is -2.21. The summed E-state index contributed by atoms with van der Waals surface area (Å²) in [5.74, 6) is -1.64. The summed E-state index contributed by atoms with van der Waals surface area (Å²) in [6.07, 6.45) is 0. The van der Waals surface area contributed by atoms with Crippen LogP contribution in [0.4, 0.5) is 0 Å². The van der Waals surface area contributed by atoms with Crippen molar-refractivity contribution in [2.24, 2.45) is 0 Å². The van der Waals surface area contributed by atoms with Crippen LogP contribution in [0, 0.1) is 0 Å². The lowest BCUT2D eigenvalue weighted by molar-refractivity contribution is -0.138. The molecular formula is C10H9ClO3. The molecule has 0 saturated heterocycles. The third-order valence-electron chi connectivity index (χ3n) is 1.74. The van der Waals surface area contributed by atoms with E-state index >= 15 is 0 Å². The van der Waals surface area contributed by atoms with Crippen LogP contribution in [0.25, 0.3) is 0 Å². The van der Waals surface area contributed by atoms with Crippen molar-refractivity contribution in [3.05, 3.63) is 35.9 Å². The molecule has 0 aliphatic heterocycles. The van der Waals surface area contributed by atoms with Crippen LogP contribution in [-0.4, -0.2) is 23.3 Å². The number of hydrogen-bond donors (Lipinski definition) is 1. The Balaban J connectivity index is 2.81. The smallest absolute Gasteiger partial charge is 0.225 e. The number of halogens is 1. The van der Waals surface area contributed by atoms with Crippen molar-refractivity contribution < 1.29 is 14.7 Å². The van der Waals surface area contributed by atoms with Crippen molar-refractivity contribution in [2.45, 2.75) is 5.38 Å². The van der Waals surface area contributed by atoms with Gasteiger partial charge in [-0.3, -0.25) is 9.59 Å². The van der Waals surface area contributed by atoms with Crippen LogP contribution in [0.5, 0.6) is 0 Å². The number of carbonyl (C=O) groups is 2. The zero-order valence-electron chi connectivity index (χ0n) is 7.31. The second kappa shape index (κ2) is 4.88. The SMILES string of the molecule is O=C(CO)C(=O)C(Cl)c1ccccc1. The van der Waals surface area contributed by atoms with E-state index in [1.165, 1.54) is 0 Å². The first-order valence-electron chi connectivity index (χ1n) is 4.03. The Labute approximate surface area is 86.3 Å². The average Bonchev–Trinajstić information content (AvgIpc) is 2.27. The molecule has 1 aromatic rings. The largest absolute Gasteiger partial charge is 0.388 e. The molecule has 74 valence electrons. The molecule has 0 bridgehead atoms. The van der Waals surface area contributed by atoms with E-state index < -0.39 is 23.6 Å². The van der Waals surface area contributed by atoms with E-state index in [-0.39, 0.29) is 0 Å². The van der Waals surface area contributed by atoms with Gasteiger partial charge in [-0.05, 0) is 5.56 Å². The van der Waals surface area contributed by atoms with Crippen LogP contribution in [0.3, 0.4) is 0 Å². The summed E-state index contributed by atoms with van der Waals surface area (Å²) in [5.41, 5.74) is 0.556. The van der Waals surface area contributed by atoms with E-state index in [0.717, 1.165) is 0 Å². The molecule has 0 heterocycles. The van der Waals surface area contributed by atoms with Crippen LogP contribution < -0.4 is 0 Å². The minimum Gasteiger partial charge on any atom is -0.388 e. The number of ketones is 2. The molecule has 0 saturated carbocycles. The monoisotopic (exact) mass is 212 g/mol. The molecule has 14 heavy (non-hydrogen) atoms. The molecular weight excluding hydrogens is 204 g/mol. The van der Waals surface area contributed by atoms with E-state index in [2.05, 4.69) is 0 Å². The quantitative estimate of drug-likeness (QED) is 0.601. The first-order valence-corrected chi connectivity index (χ1v) is 4.47. The molecule has 1 rings (SSSR count). The lowest BCUT2D eigenvalue weighted by atomic mass is 10.1. The molecule has 0 spiro atoms. The van der Waals surface area contributed by atoms with Crippen LogP contribution in [0.2, 0.25) is 0 Å². The second-order valence-corrected chi connectivity index (χ2v) is 3.16. The van der Waals surface area contributed by atoms with Crippen LogP contribution >= 0.6 is 11.6 Å². The Morgan fingerprint density at radius 3 is 2.36 bits per heavy atom. The van der Waals surface area contributed by atoms with E-state index in [4.69, 9.17) is 16.7 Å². The first-order chi connectivity index (χ1) is 6.66. The number of alkyl halides is 1. The van der Waals surface area contributed by atoms with Crippen molar-refractivity contribution in [3.63, 3.8) is 0 Å². The molecule has 0 radical (unpaired) electrons. The topological polar surface area (TPSA) is 54.4 Å². The maximum absolute atomic E-state index is 11.2. The Morgan fingerprint density at radius 2 is 1.86 bits per heavy atom. The van der Waals surface area contributed by atoms with Crippen LogP contribution in [-0.2, 0) is 9.59 Å². The minimum atomic E-state index is -1.00. The maximum atomic E-state index is 11.2.